The monoisotopic (exact) mass is 523 g/mol. The molecule has 6 rings (SSSR count). The molecule has 0 radical (unpaired) electrons. The maximum atomic E-state index is 12.4. The van der Waals surface area contributed by atoms with Crippen LogP contribution < -0.4 is 20.5 Å². The smallest absolute Gasteiger partial charge is 0.267 e. The van der Waals surface area contributed by atoms with Gasteiger partial charge in [-0.15, -0.1) is 11.3 Å². The van der Waals surface area contributed by atoms with Crippen LogP contribution >= 0.6 is 22.9 Å². The summed E-state index contributed by atoms with van der Waals surface area (Å²) in [5, 5.41) is 18.0. The van der Waals surface area contributed by atoms with Crippen LogP contribution in [0.3, 0.4) is 0 Å². The third-order valence-electron chi connectivity index (χ3n) is 6.84. The molecule has 0 saturated carbocycles. The average molecular weight is 524 g/mol. The first-order valence-corrected chi connectivity index (χ1v) is 13.2. The second-order valence-corrected chi connectivity index (χ2v) is 10.9. The zero-order chi connectivity index (χ0) is 24.8. The first-order chi connectivity index (χ1) is 17.5. The normalized spacial score (nSPS) is 19.5. The molecule has 186 valence electrons. The van der Waals surface area contributed by atoms with E-state index < -0.39 is 0 Å². The van der Waals surface area contributed by atoms with Gasteiger partial charge in [0.1, 0.15) is 12.4 Å². The second-order valence-electron chi connectivity index (χ2n) is 9.33. The summed E-state index contributed by atoms with van der Waals surface area (Å²) in [5.74, 6) is 0.772. The number of anilines is 1. The summed E-state index contributed by atoms with van der Waals surface area (Å²) in [6, 6.07) is 9.86. The van der Waals surface area contributed by atoms with Gasteiger partial charge in [-0.1, -0.05) is 11.6 Å². The van der Waals surface area contributed by atoms with E-state index in [-0.39, 0.29) is 24.2 Å². The van der Waals surface area contributed by atoms with Gasteiger partial charge in [0.25, 0.3) is 5.56 Å². The summed E-state index contributed by atoms with van der Waals surface area (Å²) in [5.41, 5.74) is 4.64. The van der Waals surface area contributed by atoms with Crippen LogP contribution in [0, 0.1) is 6.92 Å². The standard InChI is InChI=1S/C26H26ClN5O3S/c1-15-6-24(34)32(30-11-15)13-19-10-22-26(36-19)20(2-3-28-22)21-7-16(27)8-23-25(21)31(4-5-35-23)18-9-17(14-33)29-12-18/h2-3,6-8,10-11,17-18,29,33H,4-5,9,12-14H2,1H3/t17-,18+/m1/s1. The number of pyridine rings is 1. The Morgan fingerprint density at radius 3 is 2.97 bits per heavy atom. The molecule has 2 N–H and O–H groups in total. The van der Waals surface area contributed by atoms with Crippen molar-refractivity contribution in [1.82, 2.24) is 20.1 Å². The average Bonchev–Trinajstić information content (AvgIpc) is 3.51. The van der Waals surface area contributed by atoms with Crippen LogP contribution in [0.2, 0.25) is 5.02 Å². The van der Waals surface area contributed by atoms with Gasteiger partial charge in [0.05, 0.1) is 41.8 Å². The molecular formula is C26H26ClN5O3S. The van der Waals surface area contributed by atoms with Gasteiger partial charge in [0.2, 0.25) is 0 Å². The lowest BCUT2D eigenvalue weighted by Crippen LogP contribution is -2.42. The van der Waals surface area contributed by atoms with Crippen molar-refractivity contribution < 1.29 is 9.84 Å². The summed E-state index contributed by atoms with van der Waals surface area (Å²) in [7, 11) is 0. The molecule has 1 aromatic carbocycles. The Bertz CT molecular complexity index is 1500. The van der Waals surface area contributed by atoms with Crippen molar-refractivity contribution in [2.75, 3.05) is 31.2 Å². The molecule has 8 nitrogen and oxygen atoms in total. The Hall–Kier alpha value is -2.98. The zero-order valence-corrected chi connectivity index (χ0v) is 21.3. The molecule has 0 amide bonds. The third-order valence-corrected chi connectivity index (χ3v) is 8.20. The number of nitrogens with one attached hydrogen (secondary N) is 1. The van der Waals surface area contributed by atoms with Crippen molar-refractivity contribution in [2.24, 2.45) is 0 Å². The topological polar surface area (TPSA) is 92.5 Å². The van der Waals surface area contributed by atoms with Crippen LogP contribution in [0.4, 0.5) is 5.69 Å². The van der Waals surface area contributed by atoms with E-state index in [1.807, 2.05) is 37.4 Å². The Balaban J connectivity index is 1.44. The lowest BCUT2D eigenvalue weighted by molar-refractivity contribution is 0.253. The number of thiophene rings is 1. The van der Waals surface area contributed by atoms with Gasteiger partial charge in [-0.2, -0.15) is 5.10 Å². The molecule has 1 saturated heterocycles. The van der Waals surface area contributed by atoms with Crippen LogP contribution in [0.25, 0.3) is 21.3 Å². The fourth-order valence-corrected chi connectivity index (χ4v) is 6.49. The van der Waals surface area contributed by atoms with E-state index in [4.69, 9.17) is 16.3 Å². The molecule has 0 spiro atoms. The molecule has 5 heterocycles. The Morgan fingerprint density at radius 1 is 1.28 bits per heavy atom. The molecule has 36 heavy (non-hydrogen) atoms. The van der Waals surface area contributed by atoms with Gasteiger partial charge < -0.3 is 20.1 Å². The molecule has 0 unspecified atom stereocenters. The van der Waals surface area contributed by atoms with Gasteiger partial charge in [0, 0.05) is 58.0 Å². The zero-order valence-electron chi connectivity index (χ0n) is 19.8. The highest BCUT2D eigenvalue weighted by molar-refractivity contribution is 7.19. The number of rotatable bonds is 5. The summed E-state index contributed by atoms with van der Waals surface area (Å²) < 4.78 is 8.57. The molecular weight excluding hydrogens is 498 g/mol. The molecule has 2 aliphatic rings. The summed E-state index contributed by atoms with van der Waals surface area (Å²) in [6.07, 6.45) is 4.38. The largest absolute Gasteiger partial charge is 0.489 e. The number of aryl methyl sites for hydroxylation is 1. The minimum absolute atomic E-state index is 0.100. The number of aromatic nitrogens is 3. The van der Waals surface area contributed by atoms with E-state index >= 15 is 0 Å². The van der Waals surface area contributed by atoms with Crippen molar-refractivity contribution in [3.8, 4) is 16.9 Å². The molecule has 10 heteroatoms. The Morgan fingerprint density at radius 2 is 2.17 bits per heavy atom. The first kappa shape index (κ1) is 23.4. The number of hydrogen-bond acceptors (Lipinski definition) is 8. The molecule has 4 aromatic rings. The van der Waals surface area contributed by atoms with Crippen LogP contribution in [-0.4, -0.2) is 58.3 Å². The van der Waals surface area contributed by atoms with Gasteiger partial charge >= 0.3 is 0 Å². The van der Waals surface area contributed by atoms with Gasteiger partial charge in [0.15, 0.2) is 0 Å². The number of nitrogens with zero attached hydrogens (tertiary/aromatic N) is 4. The fraction of sp³-hybridized carbons (Fsp3) is 0.346. The number of aliphatic hydroxyl groups excluding tert-OH is 1. The number of hydrogen-bond donors (Lipinski definition) is 2. The number of ether oxygens (including phenoxy) is 1. The van der Waals surface area contributed by atoms with E-state index in [1.54, 1.807) is 23.6 Å². The van der Waals surface area contributed by atoms with Crippen molar-refractivity contribution >= 4 is 38.8 Å². The van der Waals surface area contributed by atoms with E-state index in [9.17, 15) is 9.90 Å². The number of benzene rings is 1. The van der Waals surface area contributed by atoms with E-state index in [0.717, 1.165) is 62.7 Å². The summed E-state index contributed by atoms with van der Waals surface area (Å²) in [4.78, 5) is 20.4. The van der Waals surface area contributed by atoms with Crippen molar-refractivity contribution in [1.29, 1.82) is 0 Å². The maximum absolute atomic E-state index is 12.4. The van der Waals surface area contributed by atoms with Crippen molar-refractivity contribution in [2.45, 2.75) is 32.0 Å². The first-order valence-electron chi connectivity index (χ1n) is 12.0. The summed E-state index contributed by atoms with van der Waals surface area (Å²) in [6.45, 7) is 4.53. The van der Waals surface area contributed by atoms with E-state index in [0.29, 0.717) is 18.2 Å². The Labute approximate surface area is 217 Å². The molecule has 2 aliphatic heterocycles. The molecule has 0 aliphatic carbocycles. The number of halogens is 1. The minimum atomic E-state index is -0.122. The quantitative estimate of drug-likeness (QED) is 0.414. The van der Waals surface area contributed by atoms with Crippen LogP contribution in [-0.2, 0) is 6.54 Å². The van der Waals surface area contributed by atoms with Crippen LogP contribution in [0.1, 0.15) is 16.9 Å². The van der Waals surface area contributed by atoms with Crippen LogP contribution in [0.15, 0.2) is 47.5 Å². The number of fused-ring (bicyclic) bond motifs is 2. The van der Waals surface area contributed by atoms with Crippen molar-refractivity contribution in [3.05, 3.63) is 68.5 Å². The highest BCUT2D eigenvalue weighted by atomic mass is 35.5. The lowest BCUT2D eigenvalue weighted by atomic mass is 9.99. The lowest BCUT2D eigenvalue weighted by Gasteiger charge is -2.37. The van der Waals surface area contributed by atoms with Crippen molar-refractivity contribution in [3.63, 3.8) is 0 Å². The molecule has 0 bridgehead atoms. The fourth-order valence-electron chi connectivity index (χ4n) is 5.16. The highest BCUT2D eigenvalue weighted by Crippen LogP contribution is 2.47. The summed E-state index contributed by atoms with van der Waals surface area (Å²) >= 11 is 8.19. The number of aliphatic hydroxyl groups is 1. The Kier molecular flexibility index (Phi) is 6.17. The predicted octanol–water partition coefficient (Wildman–Crippen LogP) is 3.45. The highest BCUT2D eigenvalue weighted by Gasteiger charge is 2.34. The van der Waals surface area contributed by atoms with Gasteiger partial charge in [-0.25, -0.2) is 4.68 Å². The van der Waals surface area contributed by atoms with E-state index in [1.165, 1.54) is 4.68 Å². The molecule has 2 atom stereocenters. The third kappa shape index (κ3) is 4.26. The SMILES string of the molecule is Cc1cnn(Cc2cc3nccc(-c4cc(Cl)cc5c4N([C@@H]4CN[C@@H](CO)C4)CCO5)c3s2)c(=O)c1. The second kappa shape index (κ2) is 9.48. The van der Waals surface area contributed by atoms with Gasteiger partial charge in [-0.05, 0) is 37.1 Å². The predicted molar refractivity (Wildman–Crippen MR) is 143 cm³/mol. The maximum Gasteiger partial charge on any atom is 0.267 e. The minimum Gasteiger partial charge on any atom is -0.489 e. The van der Waals surface area contributed by atoms with Gasteiger partial charge in [-0.3, -0.25) is 9.78 Å². The van der Waals surface area contributed by atoms with Crippen LogP contribution in [0.5, 0.6) is 5.75 Å². The molecule has 3 aromatic heterocycles. The van der Waals surface area contributed by atoms with E-state index in [2.05, 4.69) is 20.3 Å². The molecule has 1 fully saturated rings.